The molecule has 1 N–H and O–H groups in total. The fourth-order valence-corrected chi connectivity index (χ4v) is 2.35. The average molecular weight is 233 g/mol. The van der Waals surface area contributed by atoms with Crippen LogP contribution in [0.1, 0.15) is 64.1 Å². The summed E-state index contributed by atoms with van der Waals surface area (Å²) in [5.41, 5.74) is 3.16. The third kappa shape index (κ3) is 3.85. The van der Waals surface area contributed by atoms with Crippen molar-refractivity contribution in [2.24, 2.45) is 0 Å². The molecule has 0 aromatic heterocycles. The standard InChI is InChI=1S/C16H27N/c1-6-7-12-15(17-5)13-10-8-9-11-14(13)16(2,3)4/h8-11,15,17H,6-7,12H2,1-5H3. The van der Waals surface area contributed by atoms with E-state index in [9.17, 15) is 0 Å². The second kappa shape index (κ2) is 6.20. The minimum atomic E-state index is 0.220. The lowest BCUT2D eigenvalue weighted by molar-refractivity contribution is 0.500. The second-order valence-electron chi connectivity index (χ2n) is 5.82. The van der Waals surface area contributed by atoms with Crippen molar-refractivity contribution in [2.45, 2.75) is 58.4 Å². The summed E-state index contributed by atoms with van der Waals surface area (Å²) in [7, 11) is 2.07. The molecule has 96 valence electrons. The van der Waals surface area contributed by atoms with Crippen molar-refractivity contribution < 1.29 is 0 Å². The Bertz CT molecular complexity index is 336. The van der Waals surface area contributed by atoms with Gasteiger partial charge in [-0.15, -0.1) is 0 Å². The van der Waals surface area contributed by atoms with Crippen molar-refractivity contribution >= 4 is 0 Å². The first-order chi connectivity index (χ1) is 8.00. The van der Waals surface area contributed by atoms with Gasteiger partial charge in [-0.05, 0) is 30.0 Å². The molecule has 0 heterocycles. The average Bonchev–Trinajstić information content (AvgIpc) is 2.29. The zero-order valence-electron chi connectivity index (χ0n) is 12.0. The normalized spacial score (nSPS) is 13.7. The molecule has 1 heteroatoms. The number of rotatable bonds is 5. The fourth-order valence-electron chi connectivity index (χ4n) is 2.35. The SMILES string of the molecule is CCCCC(NC)c1ccccc1C(C)(C)C. The smallest absolute Gasteiger partial charge is 0.0320 e. The van der Waals surface area contributed by atoms with Crippen LogP contribution in [0.4, 0.5) is 0 Å². The van der Waals surface area contributed by atoms with Gasteiger partial charge in [-0.1, -0.05) is 64.8 Å². The highest BCUT2D eigenvalue weighted by Crippen LogP contribution is 2.31. The van der Waals surface area contributed by atoms with Crippen LogP contribution in [-0.2, 0) is 5.41 Å². The predicted octanol–water partition coefficient (Wildman–Crippen LogP) is 4.43. The summed E-state index contributed by atoms with van der Waals surface area (Å²) < 4.78 is 0. The molecule has 0 aliphatic carbocycles. The molecule has 0 bridgehead atoms. The van der Waals surface area contributed by atoms with E-state index in [1.165, 1.54) is 30.4 Å². The Morgan fingerprint density at radius 1 is 1.18 bits per heavy atom. The van der Waals surface area contributed by atoms with Crippen molar-refractivity contribution in [1.82, 2.24) is 5.32 Å². The van der Waals surface area contributed by atoms with Gasteiger partial charge in [-0.2, -0.15) is 0 Å². The molecular weight excluding hydrogens is 206 g/mol. The van der Waals surface area contributed by atoms with Gasteiger partial charge in [-0.25, -0.2) is 0 Å². The summed E-state index contributed by atoms with van der Waals surface area (Å²) in [4.78, 5) is 0. The van der Waals surface area contributed by atoms with Crippen LogP contribution in [0.3, 0.4) is 0 Å². The van der Waals surface area contributed by atoms with Gasteiger partial charge in [0.15, 0.2) is 0 Å². The number of benzene rings is 1. The van der Waals surface area contributed by atoms with Crippen LogP contribution in [0.15, 0.2) is 24.3 Å². The van der Waals surface area contributed by atoms with Gasteiger partial charge in [0.05, 0.1) is 0 Å². The van der Waals surface area contributed by atoms with Crippen LogP contribution in [0, 0.1) is 0 Å². The van der Waals surface area contributed by atoms with Crippen molar-refractivity contribution in [3.63, 3.8) is 0 Å². The van der Waals surface area contributed by atoms with Gasteiger partial charge in [0.25, 0.3) is 0 Å². The van der Waals surface area contributed by atoms with Crippen molar-refractivity contribution in [1.29, 1.82) is 0 Å². The molecule has 0 saturated carbocycles. The van der Waals surface area contributed by atoms with E-state index in [0.717, 1.165) is 0 Å². The van der Waals surface area contributed by atoms with E-state index in [-0.39, 0.29) is 5.41 Å². The largest absolute Gasteiger partial charge is 0.313 e. The molecule has 1 nitrogen and oxygen atoms in total. The van der Waals surface area contributed by atoms with Crippen molar-refractivity contribution in [3.05, 3.63) is 35.4 Å². The Kier molecular flexibility index (Phi) is 5.20. The molecule has 0 amide bonds. The minimum Gasteiger partial charge on any atom is -0.313 e. The molecule has 1 aromatic carbocycles. The topological polar surface area (TPSA) is 12.0 Å². The Hall–Kier alpha value is -0.820. The summed E-state index contributed by atoms with van der Waals surface area (Å²) in [6.45, 7) is 9.12. The maximum atomic E-state index is 3.47. The van der Waals surface area contributed by atoms with Crippen LogP contribution >= 0.6 is 0 Å². The molecule has 0 aliphatic heterocycles. The van der Waals surface area contributed by atoms with E-state index in [1.54, 1.807) is 0 Å². The minimum absolute atomic E-state index is 0.220. The molecule has 0 spiro atoms. The molecule has 0 saturated heterocycles. The first-order valence-corrected chi connectivity index (χ1v) is 6.77. The first kappa shape index (κ1) is 14.2. The summed E-state index contributed by atoms with van der Waals surface area (Å²) in [6.07, 6.45) is 3.76. The predicted molar refractivity (Wildman–Crippen MR) is 76.5 cm³/mol. The summed E-state index contributed by atoms with van der Waals surface area (Å²) in [6, 6.07) is 9.34. The third-order valence-corrected chi connectivity index (χ3v) is 3.34. The lowest BCUT2D eigenvalue weighted by Gasteiger charge is -2.27. The molecule has 0 aliphatic rings. The first-order valence-electron chi connectivity index (χ1n) is 6.77. The molecule has 0 radical (unpaired) electrons. The monoisotopic (exact) mass is 233 g/mol. The highest BCUT2D eigenvalue weighted by molar-refractivity contribution is 5.35. The Balaban J connectivity index is 3.02. The lowest BCUT2D eigenvalue weighted by Crippen LogP contribution is -2.22. The summed E-state index contributed by atoms with van der Waals surface area (Å²) >= 11 is 0. The van der Waals surface area contributed by atoms with E-state index in [0.29, 0.717) is 6.04 Å². The van der Waals surface area contributed by atoms with Gasteiger partial charge in [0.1, 0.15) is 0 Å². The molecule has 1 unspecified atom stereocenters. The summed E-state index contributed by atoms with van der Waals surface area (Å²) in [5.74, 6) is 0. The number of hydrogen-bond donors (Lipinski definition) is 1. The zero-order chi connectivity index (χ0) is 12.9. The highest BCUT2D eigenvalue weighted by atomic mass is 14.9. The van der Waals surface area contributed by atoms with E-state index in [2.05, 4.69) is 64.3 Å². The molecular formula is C16H27N. The van der Waals surface area contributed by atoms with Gasteiger partial charge < -0.3 is 5.32 Å². The van der Waals surface area contributed by atoms with Gasteiger partial charge >= 0.3 is 0 Å². The molecule has 0 fully saturated rings. The maximum absolute atomic E-state index is 3.47. The number of unbranched alkanes of at least 4 members (excludes halogenated alkanes) is 1. The van der Waals surface area contributed by atoms with E-state index in [4.69, 9.17) is 0 Å². The van der Waals surface area contributed by atoms with Crippen LogP contribution < -0.4 is 5.32 Å². The Labute approximate surface area is 107 Å². The third-order valence-electron chi connectivity index (χ3n) is 3.34. The van der Waals surface area contributed by atoms with E-state index in [1.807, 2.05) is 0 Å². The number of nitrogens with one attached hydrogen (secondary N) is 1. The summed E-state index contributed by atoms with van der Waals surface area (Å²) in [5, 5.41) is 3.47. The van der Waals surface area contributed by atoms with Gasteiger partial charge in [0, 0.05) is 6.04 Å². The fraction of sp³-hybridized carbons (Fsp3) is 0.625. The van der Waals surface area contributed by atoms with Gasteiger partial charge in [0.2, 0.25) is 0 Å². The van der Waals surface area contributed by atoms with Crippen LogP contribution in [0.2, 0.25) is 0 Å². The van der Waals surface area contributed by atoms with Crippen molar-refractivity contribution in [2.75, 3.05) is 7.05 Å². The van der Waals surface area contributed by atoms with Crippen molar-refractivity contribution in [3.8, 4) is 0 Å². The Morgan fingerprint density at radius 2 is 1.82 bits per heavy atom. The molecule has 1 aromatic rings. The Morgan fingerprint density at radius 3 is 2.35 bits per heavy atom. The van der Waals surface area contributed by atoms with E-state index >= 15 is 0 Å². The molecule has 17 heavy (non-hydrogen) atoms. The molecule has 1 rings (SSSR count). The van der Waals surface area contributed by atoms with Crippen LogP contribution in [0.5, 0.6) is 0 Å². The van der Waals surface area contributed by atoms with E-state index < -0.39 is 0 Å². The van der Waals surface area contributed by atoms with Gasteiger partial charge in [-0.3, -0.25) is 0 Å². The maximum Gasteiger partial charge on any atom is 0.0320 e. The second-order valence-corrected chi connectivity index (χ2v) is 5.82. The quantitative estimate of drug-likeness (QED) is 0.793. The van der Waals surface area contributed by atoms with Crippen LogP contribution in [0.25, 0.3) is 0 Å². The molecule has 1 atom stereocenters. The highest BCUT2D eigenvalue weighted by Gasteiger charge is 2.21. The lowest BCUT2D eigenvalue weighted by atomic mass is 9.81. The zero-order valence-corrected chi connectivity index (χ0v) is 12.0. The number of hydrogen-bond acceptors (Lipinski definition) is 1. The van der Waals surface area contributed by atoms with Crippen LogP contribution in [-0.4, -0.2) is 7.05 Å².